The maximum atomic E-state index is 12.9. The van der Waals surface area contributed by atoms with E-state index in [-0.39, 0.29) is 5.25 Å². The largest absolute Gasteiger partial charge is 0.497 e. The highest BCUT2D eigenvalue weighted by Gasteiger charge is 2.12. The average Bonchev–Trinajstić information content (AvgIpc) is 2.98. The van der Waals surface area contributed by atoms with Gasteiger partial charge >= 0.3 is 0 Å². The van der Waals surface area contributed by atoms with Gasteiger partial charge in [-0.15, -0.1) is 11.8 Å². The van der Waals surface area contributed by atoms with E-state index in [4.69, 9.17) is 4.74 Å². The van der Waals surface area contributed by atoms with Crippen molar-refractivity contribution in [3.63, 3.8) is 0 Å². The normalized spacial score (nSPS) is 12.1. The zero-order valence-corrected chi connectivity index (χ0v) is 16.3. The summed E-state index contributed by atoms with van der Waals surface area (Å²) in [5.41, 5.74) is 2.47. The molecule has 1 aromatic heterocycles. The summed E-state index contributed by atoms with van der Waals surface area (Å²) in [5.74, 6) is 0.763. The molecule has 0 fully saturated rings. The highest BCUT2D eigenvalue weighted by molar-refractivity contribution is 8.00. The summed E-state index contributed by atoms with van der Waals surface area (Å²) in [5, 5.41) is 0.991. The molecule has 0 radical (unpaired) electrons. The standard InChI is InChI=1S/C22H23F2NOS/c1-25-15-16(20-8-3-4-9-21(20)25)6-5-7-19(14-22(23)24)27-18-12-10-17(26-2)11-13-18/h3-4,8-15,19H,5-7H2,1-2H3/t19-/m1/s1. The van der Waals surface area contributed by atoms with Crippen LogP contribution in [0, 0.1) is 0 Å². The number of ether oxygens (including phenoxy) is 1. The fraction of sp³-hybridized carbons (Fsp3) is 0.273. The molecule has 1 heterocycles. The van der Waals surface area contributed by atoms with Gasteiger partial charge in [0.05, 0.1) is 7.11 Å². The molecule has 3 rings (SSSR count). The van der Waals surface area contributed by atoms with E-state index in [0.29, 0.717) is 6.42 Å². The highest BCUT2D eigenvalue weighted by Crippen LogP contribution is 2.31. The van der Waals surface area contributed by atoms with Gasteiger partial charge in [0.15, 0.2) is 0 Å². The van der Waals surface area contributed by atoms with E-state index in [1.807, 2.05) is 43.4 Å². The van der Waals surface area contributed by atoms with Gasteiger partial charge in [0.1, 0.15) is 5.75 Å². The molecule has 27 heavy (non-hydrogen) atoms. The number of aryl methyl sites for hydroxylation is 2. The molecular weight excluding hydrogens is 364 g/mol. The van der Waals surface area contributed by atoms with E-state index >= 15 is 0 Å². The third-order valence-corrected chi connectivity index (χ3v) is 5.79. The van der Waals surface area contributed by atoms with Crippen LogP contribution >= 0.6 is 11.8 Å². The Bertz CT molecular complexity index is 914. The first kappa shape index (κ1) is 19.5. The number of thioether (sulfide) groups is 1. The van der Waals surface area contributed by atoms with Crippen LogP contribution < -0.4 is 4.74 Å². The molecule has 142 valence electrons. The maximum absolute atomic E-state index is 12.9. The number of rotatable bonds is 8. The first-order valence-electron chi connectivity index (χ1n) is 8.93. The third-order valence-electron chi connectivity index (χ3n) is 4.57. The second-order valence-corrected chi connectivity index (χ2v) is 7.78. The molecule has 0 N–H and O–H groups in total. The Morgan fingerprint density at radius 3 is 2.59 bits per heavy atom. The lowest BCUT2D eigenvalue weighted by molar-refractivity contribution is 0.414. The number of hydrogen-bond acceptors (Lipinski definition) is 2. The fourth-order valence-corrected chi connectivity index (χ4v) is 4.36. The number of aromatic nitrogens is 1. The van der Waals surface area contributed by atoms with Gasteiger partial charge in [-0.25, -0.2) is 0 Å². The molecule has 0 aliphatic rings. The van der Waals surface area contributed by atoms with Gasteiger partial charge in [-0.05, 0) is 61.2 Å². The van der Waals surface area contributed by atoms with Crippen molar-refractivity contribution in [1.82, 2.24) is 4.57 Å². The quantitative estimate of drug-likeness (QED) is 0.412. The molecule has 0 unspecified atom stereocenters. The molecule has 5 heteroatoms. The summed E-state index contributed by atoms with van der Waals surface area (Å²) < 4.78 is 33.1. The van der Waals surface area contributed by atoms with Crippen LogP contribution in [0.25, 0.3) is 10.9 Å². The van der Waals surface area contributed by atoms with Crippen LogP contribution in [0.2, 0.25) is 0 Å². The molecule has 0 saturated carbocycles. The summed E-state index contributed by atoms with van der Waals surface area (Å²) in [6.45, 7) is 0. The monoisotopic (exact) mass is 387 g/mol. The van der Waals surface area contributed by atoms with Gasteiger partial charge in [-0.2, -0.15) is 8.78 Å². The summed E-state index contributed by atoms with van der Waals surface area (Å²) >= 11 is 1.46. The molecule has 0 spiro atoms. The smallest absolute Gasteiger partial charge is 0.267 e. The summed E-state index contributed by atoms with van der Waals surface area (Å²) in [6, 6.07) is 15.8. The molecule has 3 aromatic rings. The molecule has 0 saturated heterocycles. The van der Waals surface area contributed by atoms with Crippen molar-refractivity contribution in [1.29, 1.82) is 0 Å². The Hall–Kier alpha value is -2.27. The first-order valence-corrected chi connectivity index (χ1v) is 9.81. The number of fused-ring (bicyclic) bond motifs is 1. The number of nitrogens with zero attached hydrogens (tertiary/aromatic N) is 1. The van der Waals surface area contributed by atoms with Crippen LogP contribution in [0.4, 0.5) is 8.78 Å². The average molecular weight is 387 g/mol. The molecule has 2 aromatic carbocycles. The second kappa shape index (κ2) is 9.09. The Morgan fingerprint density at radius 1 is 1.15 bits per heavy atom. The Balaban J connectivity index is 1.65. The van der Waals surface area contributed by atoms with Gasteiger partial charge < -0.3 is 9.30 Å². The lowest BCUT2D eigenvalue weighted by Gasteiger charge is -2.12. The Morgan fingerprint density at radius 2 is 1.89 bits per heavy atom. The molecule has 0 bridgehead atoms. The summed E-state index contributed by atoms with van der Waals surface area (Å²) in [7, 11) is 3.65. The van der Waals surface area contributed by atoms with Gasteiger partial charge in [0, 0.05) is 34.3 Å². The lowest BCUT2D eigenvalue weighted by Crippen LogP contribution is -2.00. The molecule has 2 nitrogen and oxygen atoms in total. The fourth-order valence-electron chi connectivity index (χ4n) is 3.26. The number of halogens is 2. The zero-order valence-electron chi connectivity index (χ0n) is 15.5. The van der Waals surface area contributed by atoms with Crippen molar-refractivity contribution in [3.8, 4) is 5.75 Å². The van der Waals surface area contributed by atoms with E-state index in [9.17, 15) is 8.78 Å². The topological polar surface area (TPSA) is 14.2 Å². The number of para-hydroxylation sites is 1. The number of methoxy groups -OCH3 is 1. The van der Waals surface area contributed by atoms with E-state index in [1.165, 1.54) is 28.2 Å². The number of benzene rings is 2. The van der Waals surface area contributed by atoms with E-state index in [0.717, 1.165) is 29.6 Å². The maximum Gasteiger partial charge on any atom is 0.267 e. The first-order chi connectivity index (χ1) is 13.1. The van der Waals surface area contributed by atoms with Crippen LogP contribution in [0.5, 0.6) is 5.75 Å². The Kier molecular flexibility index (Phi) is 6.56. The molecule has 0 aliphatic carbocycles. The van der Waals surface area contributed by atoms with Crippen LogP contribution in [0.3, 0.4) is 0 Å². The zero-order chi connectivity index (χ0) is 19.2. The van der Waals surface area contributed by atoms with Crippen molar-refractivity contribution >= 4 is 22.7 Å². The second-order valence-electron chi connectivity index (χ2n) is 6.46. The van der Waals surface area contributed by atoms with Crippen molar-refractivity contribution in [2.75, 3.05) is 7.11 Å². The van der Waals surface area contributed by atoms with Crippen molar-refractivity contribution < 1.29 is 13.5 Å². The van der Waals surface area contributed by atoms with E-state index < -0.39 is 6.08 Å². The summed E-state index contributed by atoms with van der Waals surface area (Å²) in [6.07, 6.45) is 4.01. The lowest BCUT2D eigenvalue weighted by atomic mass is 10.1. The van der Waals surface area contributed by atoms with Crippen LogP contribution in [0.1, 0.15) is 18.4 Å². The van der Waals surface area contributed by atoms with Gasteiger partial charge in [0.2, 0.25) is 0 Å². The highest BCUT2D eigenvalue weighted by atomic mass is 32.2. The minimum atomic E-state index is -1.62. The van der Waals surface area contributed by atoms with Crippen LogP contribution in [-0.4, -0.2) is 16.9 Å². The molecule has 1 atom stereocenters. The molecular formula is C22H23F2NOS. The van der Waals surface area contributed by atoms with E-state index in [1.54, 1.807) is 7.11 Å². The van der Waals surface area contributed by atoms with Gasteiger partial charge in [0.25, 0.3) is 6.08 Å². The van der Waals surface area contributed by atoms with Gasteiger partial charge in [-0.1, -0.05) is 18.2 Å². The molecule has 0 amide bonds. The molecule has 0 aliphatic heterocycles. The van der Waals surface area contributed by atoms with E-state index in [2.05, 4.69) is 22.9 Å². The minimum absolute atomic E-state index is 0.252. The van der Waals surface area contributed by atoms with Crippen molar-refractivity contribution in [2.45, 2.75) is 29.4 Å². The summed E-state index contributed by atoms with van der Waals surface area (Å²) in [4.78, 5) is 0.962. The third kappa shape index (κ3) is 5.13. The van der Waals surface area contributed by atoms with Crippen LogP contribution in [0.15, 0.2) is 71.8 Å². The SMILES string of the molecule is COc1ccc(S[C@@H](C=C(F)F)CCCc2cn(C)c3ccccc23)cc1. The minimum Gasteiger partial charge on any atom is -0.497 e. The van der Waals surface area contributed by atoms with Crippen molar-refractivity contribution in [3.05, 3.63) is 72.4 Å². The number of hydrogen-bond donors (Lipinski definition) is 0. The predicted octanol–water partition coefficient (Wildman–Crippen LogP) is 6.45. The Labute approximate surface area is 162 Å². The van der Waals surface area contributed by atoms with Crippen molar-refractivity contribution in [2.24, 2.45) is 7.05 Å². The van der Waals surface area contributed by atoms with Crippen LogP contribution in [-0.2, 0) is 13.5 Å². The van der Waals surface area contributed by atoms with Gasteiger partial charge in [-0.3, -0.25) is 0 Å². The predicted molar refractivity (Wildman–Crippen MR) is 109 cm³/mol.